The minimum atomic E-state index is -0.259. The number of ether oxygens (including phenoxy) is 2. The van der Waals surface area contributed by atoms with Crippen molar-refractivity contribution in [3.05, 3.63) is 42.1 Å². The lowest BCUT2D eigenvalue weighted by Gasteiger charge is -2.36. The predicted octanol–water partition coefficient (Wildman–Crippen LogP) is 4.14. The fourth-order valence-corrected chi connectivity index (χ4v) is 4.68. The standard InChI is InChI=1S/C20H21FN4O2S/c21-13-1-2-17-16(9-13)25-20(28-17)24-14-10-15(11-14)27-19-18(22-5-6-23-19)12-3-7-26-8-4-12/h1-2,5-6,9,12,14-15H,3-4,7-8,10-11H2,(H,24,25)/t14-,15+. The topological polar surface area (TPSA) is 69.2 Å². The summed E-state index contributed by atoms with van der Waals surface area (Å²) in [6, 6.07) is 5.01. The SMILES string of the molecule is Fc1ccc2sc(N[C@H]3C[C@@H](Oc4nccnc4C4CCOCC4)C3)nc2c1. The highest BCUT2D eigenvalue weighted by molar-refractivity contribution is 7.22. The highest BCUT2D eigenvalue weighted by Gasteiger charge is 2.33. The van der Waals surface area contributed by atoms with E-state index in [0.29, 0.717) is 23.4 Å². The van der Waals surface area contributed by atoms with Gasteiger partial charge in [0.05, 0.1) is 10.2 Å². The number of benzene rings is 1. The van der Waals surface area contributed by atoms with E-state index in [1.807, 2.05) is 0 Å². The highest BCUT2D eigenvalue weighted by atomic mass is 32.1. The van der Waals surface area contributed by atoms with Gasteiger partial charge in [-0.15, -0.1) is 0 Å². The number of hydrogen-bond acceptors (Lipinski definition) is 7. The monoisotopic (exact) mass is 400 g/mol. The lowest BCUT2D eigenvalue weighted by atomic mass is 9.89. The maximum absolute atomic E-state index is 13.3. The van der Waals surface area contributed by atoms with Gasteiger partial charge < -0.3 is 14.8 Å². The molecule has 0 amide bonds. The van der Waals surface area contributed by atoms with Crippen LogP contribution < -0.4 is 10.1 Å². The number of halogens is 1. The summed E-state index contributed by atoms with van der Waals surface area (Å²) >= 11 is 1.55. The average molecular weight is 400 g/mol. The number of nitrogens with zero attached hydrogens (tertiary/aromatic N) is 3. The van der Waals surface area contributed by atoms with Crippen LogP contribution >= 0.6 is 11.3 Å². The van der Waals surface area contributed by atoms with Crippen molar-refractivity contribution in [1.82, 2.24) is 15.0 Å². The molecule has 1 N–H and O–H groups in total. The molecule has 0 spiro atoms. The molecule has 8 heteroatoms. The zero-order valence-electron chi connectivity index (χ0n) is 15.3. The van der Waals surface area contributed by atoms with E-state index in [9.17, 15) is 4.39 Å². The molecule has 0 radical (unpaired) electrons. The zero-order valence-corrected chi connectivity index (χ0v) is 16.1. The molecule has 0 atom stereocenters. The van der Waals surface area contributed by atoms with Gasteiger partial charge in [0.2, 0.25) is 5.88 Å². The summed E-state index contributed by atoms with van der Waals surface area (Å²) in [5, 5.41) is 4.26. The second-order valence-electron chi connectivity index (χ2n) is 7.32. The maximum atomic E-state index is 13.3. The number of anilines is 1. The molecule has 1 saturated carbocycles. The van der Waals surface area contributed by atoms with Gasteiger partial charge >= 0.3 is 0 Å². The molecule has 2 aromatic heterocycles. The fraction of sp³-hybridized carbons (Fsp3) is 0.450. The largest absolute Gasteiger partial charge is 0.473 e. The first-order valence-electron chi connectivity index (χ1n) is 9.62. The molecule has 146 valence electrons. The van der Waals surface area contributed by atoms with Crippen LogP contribution in [0.4, 0.5) is 9.52 Å². The van der Waals surface area contributed by atoms with Crippen molar-refractivity contribution in [1.29, 1.82) is 0 Å². The Kier molecular flexibility index (Phi) is 4.82. The molecule has 5 rings (SSSR count). The molecule has 28 heavy (non-hydrogen) atoms. The van der Waals surface area contributed by atoms with Gasteiger partial charge in [-0.3, -0.25) is 4.98 Å². The van der Waals surface area contributed by atoms with Gasteiger partial charge in [0.25, 0.3) is 0 Å². The van der Waals surface area contributed by atoms with Gasteiger partial charge in [-0.1, -0.05) is 11.3 Å². The molecule has 1 aliphatic carbocycles. The van der Waals surface area contributed by atoms with E-state index >= 15 is 0 Å². The Bertz CT molecular complexity index is 970. The van der Waals surface area contributed by atoms with Crippen molar-refractivity contribution in [3.63, 3.8) is 0 Å². The first kappa shape index (κ1) is 17.8. The second-order valence-corrected chi connectivity index (χ2v) is 8.35. The third kappa shape index (κ3) is 3.66. The van der Waals surface area contributed by atoms with Gasteiger partial charge in [0, 0.05) is 56.5 Å². The van der Waals surface area contributed by atoms with Crippen molar-refractivity contribution < 1.29 is 13.9 Å². The number of aromatic nitrogens is 3. The first-order valence-corrected chi connectivity index (χ1v) is 10.4. The third-order valence-corrected chi connectivity index (χ3v) is 6.32. The number of hydrogen-bond donors (Lipinski definition) is 1. The lowest BCUT2D eigenvalue weighted by Crippen LogP contribution is -2.42. The van der Waals surface area contributed by atoms with Crippen LogP contribution in [0.2, 0.25) is 0 Å². The Morgan fingerprint density at radius 3 is 2.82 bits per heavy atom. The smallest absolute Gasteiger partial charge is 0.236 e. The van der Waals surface area contributed by atoms with E-state index < -0.39 is 0 Å². The molecule has 1 aliphatic heterocycles. The van der Waals surface area contributed by atoms with Gasteiger partial charge in [0.15, 0.2) is 5.13 Å². The second kappa shape index (κ2) is 7.60. The van der Waals surface area contributed by atoms with Crippen LogP contribution in [-0.2, 0) is 4.74 Å². The molecular formula is C20H21FN4O2S. The first-order chi connectivity index (χ1) is 13.7. The van der Waals surface area contributed by atoms with Crippen LogP contribution in [0.15, 0.2) is 30.6 Å². The van der Waals surface area contributed by atoms with Crippen molar-refractivity contribution in [2.75, 3.05) is 18.5 Å². The Balaban J connectivity index is 1.19. The number of nitrogens with one attached hydrogen (secondary N) is 1. The lowest BCUT2D eigenvalue weighted by molar-refractivity contribution is 0.0780. The molecule has 0 unspecified atom stereocenters. The van der Waals surface area contributed by atoms with Crippen molar-refractivity contribution >= 4 is 26.7 Å². The Morgan fingerprint density at radius 2 is 1.96 bits per heavy atom. The summed E-state index contributed by atoms with van der Waals surface area (Å²) in [5.74, 6) is 0.758. The summed E-state index contributed by atoms with van der Waals surface area (Å²) in [6.07, 6.45) is 7.23. The zero-order chi connectivity index (χ0) is 18.9. The maximum Gasteiger partial charge on any atom is 0.236 e. The van der Waals surface area contributed by atoms with E-state index in [2.05, 4.69) is 20.3 Å². The summed E-state index contributed by atoms with van der Waals surface area (Å²) in [6.45, 7) is 1.53. The molecule has 1 saturated heterocycles. The number of fused-ring (bicyclic) bond motifs is 1. The summed E-state index contributed by atoms with van der Waals surface area (Å²) in [4.78, 5) is 13.4. The van der Waals surface area contributed by atoms with E-state index in [0.717, 1.165) is 54.4 Å². The van der Waals surface area contributed by atoms with Gasteiger partial charge in [0.1, 0.15) is 17.6 Å². The molecular weight excluding hydrogens is 379 g/mol. The third-order valence-electron chi connectivity index (χ3n) is 5.35. The minimum Gasteiger partial charge on any atom is -0.473 e. The van der Waals surface area contributed by atoms with Gasteiger partial charge in [-0.2, -0.15) is 0 Å². The predicted molar refractivity (Wildman–Crippen MR) is 105 cm³/mol. The Hall–Kier alpha value is -2.32. The summed E-state index contributed by atoms with van der Waals surface area (Å²) in [5.41, 5.74) is 1.65. The molecule has 0 bridgehead atoms. The highest BCUT2D eigenvalue weighted by Crippen LogP contribution is 2.35. The fourth-order valence-electron chi connectivity index (χ4n) is 3.75. The number of thiazole rings is 1. The van der Waals surface area contributed by atoms with Crippen molar-refractivity contribution in [2.45, 2.75) is 43.7 Å². The Morgan fingerprint density at radius 1 is 1.14 bits per heavy atom. The Labute approximate surface area is 166 Å². The van der Waals surface area contributed by atoms with E-state index in [-0.39, 0.29) is 11.9 Å². The molecule has 1 aromatic carbocycles. The summed E-state index contributed by atoms with van der Waals surface area (Å²) in [7, 11) is 0. The van der Waals surface area contributed by atoms with E-state index in [1.165, 1.54) is 12.1 Å². The quantitative estimate of drug-likeness (QED) is 0.694. The van der Waals surface area contributed by atoms with Gasteiger partial charge in [-0.25, -0.2) is 14.4 Å². The van der Waals surface area contributed by atoms with Crippen LogP contribution in [0.3, 0.4) is 0 Å². The molecule has 2 aliphatic rings. The molecule has 3 aromatic rings. The average Bonchev–Trinajstić information content (AvgIpc) is 3.09. The minimum absolute atomic E-state index is 0.125. The van der Waals surface area contributed by atoms with Crippen LogP contribution in [0.1, 0.15) is 37.3 Å². The summed E-state index contributed by atoms with van der Waals surface area (Å²) < 4.78 is 25.9. The van der Waals surface area contributed by atoms with E-state index in [4.69, 9.17) is 9.47 Å². The van der Waals surface area contributed by atoms with Crippen LogP contribution in [0, 0.1) is 5.82 Å². The van der Waals surface area contributed by atoms with Crippen molar-refractivity contribution in [2.24, 2.45) is 0 Å². The number of rotatable bonds is 5. The van der Waals surface area contributed by atoms with Crippen LogP contribution in [0.25, 0.3) is 10.2 Å². The van der Waals surface area contributed by atoms with Crippen molar-refractivity contribution in [3.8, 4) is 5.88 Å². The van der Waals surface area contributed by atoms with E-state index in [1.54, 1.807) is 29.8 Å². The van der Waals surface area contributed by atoms with Gasteiger partial charge in [-0.05, 0) is 25.0 Å². The van der Waals surface area contributed by atoms with Crippen LogP contribution in [0.5, 0.6) is 5.88 Å². The molecule has 6 nitrogen and oxygen atoms in total. The molecule has 3 heterocycles. The normalized spacial score (nSPS) is 22.8. The van der Waals surface area contributed by atoms with Crippen LogP contribution in [-0.4, -0.2) is 40.3 Å². The molecule has 2 fully saturated rings.